The zero-order valence-electron chi connectivity index (χ0n) is 9.47. The molecule has 0 aliphatic rings. The van der Waals surface area contributed by atoms with Gasteiger partial charge in [0.25, 0.3) is 0 Å². The van der Waals surface area contributed by atoms with Gasteiger partial charge in [-0.25, -0.2) is 0 Å². The summed E-state index contributed by atoms with van der Waals surface area (Å²) < 4.78 is 0.835. The van der Waals surface area contributed by atoms with Gasteiger partial charge < -0.3 is 10.2 Å². The molecule has 0 unspecified atom stereocenters. The van der Waals surface area contributed by atoms with Crippen molar-refractivity contribution in [2.45, 2.75) is 6.92 Å². The Balaban J connectivity index is 2.81. The van der Waals surface area contributed by atoms with Crippen LogP contribution in [0.4, 0.5) is 5.69 Å². The predicted octanol–water partition coefficient (Wildman–Crippen LogP) is 2.91. The maximum atomic E-state index is 11.6. The molecule has 0 atom stereocenters. The van der Waals surface area contributed by atoms with Crippen LogP contribution < -0.4 is 5.32 Å². The summed E-state index contributed by atoms with van der Waals surface area (Å²) in [6, 6.07) is 3.63. The molecule has 1 N–H and O–H groups in total. The van der Waals surface area contributed by atoms with Gasteiger partial charge >= 0.3 is 0 Å². The minimum absolute atomic E-state index is 0.0642. The summed E-state index contributed by atoms with van der Waals surface area (Å²) in [5.41, 5.74) is 1.67. The van der Waals surface area contributed by atoms with E-state index in [4.69, 9.17) is 11.6 Å². The normalized spacial score (nSPS) is 10.6. The average molecular weight is 306 g/mol. The lowest BCUT2D eigenvalue weighted by atomic mass is 10.2. The van der Waals surface area contributed by atoms with Crippen LogP contribution in [0.25, 0.3) is 0 Å². The second-order valence-corrected chi connectivity index (χ2v) is 5.13. The Bertz CT molecular complexity index is 407. The lowest BCUT2D eigenvalue weighted by Gasteiger charge is -2.12. The van der Waals surface area contributed by atoms with Crippen LogP contribution in [0.5, 0.6) is 0 Å². The Kier molecular flexibility index (Phi) is 4.77. The van der Waals surface area contributed by atoms with Crippen LogP contribution in [-0.4, -0.2) is 31.4 Å². The molecule has 88 valence electrons. The second-order valence-electron chi connectivity index (χ2n) is 3.87. The zero-order chi connectivity index (χ0) is 12.3. The maximum absolute atomic E-state index is 11.6. The molecule has 0 bridgehead atoms. The lowest BCUT2D eigenvalue weighted by molar-refractivity contribution is -0.116. The Morgan fingerprint density at radius 3 is 2.69 bits per heavy atom. The summed E-state index contributed by atoms with van der Waals surface area (Å²) >= 11 is 9.38. The number of benzene rings is 1. The monoisotopic (exact) mass is 304 g/mol. The molecular formula is C11H14BrClN2O. The molecule has 0 saturated carbocycles. The van der Waals surface area contributed by atoms with Gasteiger partial charge in [-0.05, 0) is 54.6 Å². The van der Waals surface area contributed by atoms with Crippen molar-refractivity contribution in [3.8, 4) is 0 Å². The number of carbonyl (C=O) groups is 1. The molecule has 0 aliphatic heterocycles. The SMILES string of the molecule is Cc1cc(Br)c(NC(=O)CN(C)C)cc1Cl. The van der Waals surface area contributed by atoms with Gasteiger partial charge in [0.15, 0.2) is 0 Å². The quantitative estimate of drug-likeness (QED) is 0.931. The summed E-state index contributed by atoms with van der Waals surface area (Å²) in [6.07, 6.45) is 0. The second kappa shape index (κ2) is 5.66. The summed E-state index contributed by atoms with van der Waals surface area (Å²) in [5.74, 6) is -0.0642. The highest BCUT2D eigenvalue weighted by molar-refractivity contribution is 9.10. The van der Waals surface area contributed by atoms with Crippen molar-refractivity contribution in [2.24, 2.45) is 0 Å². The van der Waals surface area contributed by atoms with Crippen LogP contribution in [0.15, 0.2) is 16.6 Å². The molecule has 1 aromatic carbocycles. The molecule has 3 nitrogen and oxygen atoms in total. The number of aryl methyl sites for hydroxylation is 1. The number of rotatable bonds is 3. The van der Waals surface area contributed by atoms with Crippen molar-refractivity contribution >= 4 is 39.1 Å². The van der Waals surface area contributed by atoms with E-state index >= 15 is 0 Å². The van der Waals surface area contributed by atoms with E-state index in [1.165, 1.54) is 0 Å². The van der Waals surface area contributed by atoms with Gasteiger partial charge in [-0.2, -0.15) is 0 Å². The number of hydrogen-bond acceptors (Lipinski definition) is 2. The number of hydrogen-bond donors (Lipinski definition) is 1. The molecule has 0 saturated heterocycles. The van der Waals surface area contributed by atoms with E-state index in [2.05, 4.69) is 21.2 Å². The van der Waals surface area contributed by atoms with E-state index in [0.717, 1.165) is 10.0 Å². The molecule has 0 spiro atoms. The number of anilines is 1. The molecule has 0 heterocycles. The van der Waals surface area contributed by atoms with Crippen molar-refractivity contribution in [3.05, 3.63) is 27.2 Å². The first-order valence-corrected chi connectivity index (χ1v) is 5.97. The first kappa shape index (κ1) is 13.5. The summed E-state index contributed by atoms with van der Waals surface area (Å²) in [7, 11) is 3.69. The molecular weight excluding hydrogens is 291 g/mol. The van der Waals surface area contributed by atoms with Crippen LogP contribution in [0.3, 0.4) is 0 Å². The molecule has 0 aromatic heterocycles. The number of amides is 1. The fourth-order valence-electron chi connectivity index (χ4n) is 1.22. The minimum atomic E-state index is -0.0642. The highest BCUT2D eigenvalue weighted by Crippen LogP contribution is 2.29. The van der Waals surface area contributed by atoms with Crippen molar-refractivity contribution < 1.29 is 4.79 Å². The third kappa shape index (κ3) is 3.77. The largest absolute Gasteiger partial charge is 0.324 e. The van der Waals surface area contributed by atoms with Gasteiger partial charge in [0.2, 0.25) is 5.91 Å². The van der Waals surface area contributed by atoms with Crippen LogP contribution in [0, 0.1) is 6.92 Å². The van der Waals surface area contributed by atoms with Crippen molar-refractivity contribution in [1.29, 1.82) is 0 Å². The minimum Gasteiger partial charge on any atom is -0.324 e. The lowest BCUT2D eigenvalue weighted by Crippen LogP contribution is -2.27. The van der Waals surface area contributed by atoms with Gasteiger partial charge in [0.05, 0.1) is 12.2 Å². The topological polar surface area (TPSA) is 32.3 Å². The van der Waals surface area contributed by atoms with E-state index in [1.54, 1.807) is 11.0 Å². The number of likely N-dealkylation sites (N-methyl/N-ethyl adjacent to an activating group) is 1. The van der Waals surface area contributed by atoms with Crippen LogP contribution >= 0.6 is 27.5 Å². The third-order valence-corrected chi connectivity index (χ3v) is 3.05. The van der Waals surface area contributed by atoms with Crippen molar-refractivity contribution in [2.75, 3.05) is 26.0 Å². The van der Waals surface area contributed by atoms with E-state index < -0.39 is 0 Å². The van der Waals surface area contributed by atoms with Gasteiger partial charge in [-0.15, -0.1) is 0 Å². The highest BCUT2D eigenvalue weighted by atomic mass is 79.9. The third-order valence-electron chi connectivity index (χ3n) is 1.98. The van der Waals surface area contributed by atoms with Crippen LogP contribution in [-0.2, 0) is 4.79 Å². The number of nitrogens with zero attached hydrogens (tertiary/aromatic N) is 1. The van der Waals surface area contributed by atoms with E-state index in [0.29, 0.717) is 17.3 Å². The highest BCUT2D eigenvalue weighted by Gasteiger charge is 2.08. The first-order valence-electron chi connectivity index (χ1n) is 4.80. The number of halogens is 2. The molecule has 0 fully saturated rings. The molecule has 1 aromatic rings. The molecule has 1 rings (SSSR count). The Morgan fingerprint density at radius 2 is 2.12 bits per heavy atom. The fraction of sp³-hybridized carbons (Fsp3) is 0.364. The zero-order valence-corrected chi connectivity index (χ0v) is 11.8. The molecule has 5 heteroatoms. The number of carbonyl (C=O) groups excluding carboxylic acids is 1. The van der Waals surface area contributed by atoms with Crippen LogP contribution in [0.1, 0.15) is 5.56 Å². The van der Waals surface area contributed by atoms with E-state index in [9.17, 15) is 4.79 Å². The molecule has 0 aliphatic carbocycles. The molecule has 1 amide bonds. The smallest absolute Gasteiger partial charge is 0.238 e. The maximum Gasteiger partial charge on any atom is 0.238 e. The Hall–Kier alpha value is -0.580. The Labute approximate surface area is 109 Å². The average Bonchev–Trinajstić information content (AvgIpc) is 2.12. The van der Waals surface area contributed by atoms with Crippen molar-refractivity contribution in [1.82, 2.24) is 4.90 Å². The predicted molar refractivity (Wildman–Crippen MR) is 71.1 cm³/mol. The van der Waals surface area contributed by atoms with Crippen LogP contribution in [0.2, 0.25) is 5.02 Å². The Morgan fingerprint density at radius 1 is 1.50 bits per heavy atom. The summed E-state index contributed by atoms with van der Waals surface area (Å²) in [6.45, 7) is 2.26. The van der Waals surface area contributed by atoms with Gasteiger partial charge in [0.1, 0.15) is 0 Å². The van der Waals surface area contributed by atoms with E-state index in [1.807, 2.05) is 27.1 Å². The van der Waals surface area contributed by atoms with Gasteiger partial charge in [-0.1, -0.05) is 11.6 Å². The van der Waals surface area contributed by atoms with E-state index in [-0.39, 0.29) is 5.91 Å². The standard InChI is InChI=1S/C11H14BrClN2O/c1-7-4-8(12)10(5-9(7)13)14-11(16)6-15(2)3/h4-5H,6H2,1-3H3,(H,14,16). The molecule has 16 heavy (non-hydrogen) atoms. The van der Waals surface area contributed by atoms with Crippen molar-refractivity contribution in [3.63, 3.8) is 0 Å². The first-order chi connectivity index (χ1) is 7.40. The number of nitrogens with one attached hydrogen (secondary N) is 1. The summed E-state index contributed by atoms with van der Waals surface area (Å²) in [5, 5.41) is 3.44. The van der Waals surface area contributed by atoms with Gasteiger partial charge in [-0.3, -0.25) is 4.79 Å². The molecule has 0 radical (unpaired) electrons. The fourth-order valence-corrected chi connectivity index (χ4v) is 1.94. The van der Waals surface area contributed by atoms with Gasteiger partial charge in [0, 0.05) is 9.50 Å². The summed E-state index contributed by atoms with van der Waals surface area (Å²) in [4.78, 5) is 13.4.